The molecule has 3 rings (SSSR count). The Labute approximate surface area is 135 Å². The molecular weight excluding hydrogens is 302 g/mol. The molecule has 2 fully saturated rings. The number of carbonyl (C=O) groups excluding carboxylic acids is 1. The van der Waals surface area contributed by atoms with Crippen LogP contribution in [0.5, 0.6) is 0 Å². The van der Waals surface area contributed by atoms with Gasteiger partial charge in [0.2, 0.25) is 5.91 Å². The number of carbonyl (C=O) groups is 1. The molecule has 118 valence electrons. The van der Waals surface area contributed by atoms with E-state index in [9.17, 15) is 4.79 Å². The van der Waals surface area contributed by atoms with Gasteiger partial charge < -0.3 is 14.4 Å². The molecule has 1 amide bonds. The highest BCUT2D eigenvalue weighted by atomic mass is 35.5. The predicted octanol–water partition coefficient (Wildman–Crippen LogP) is 2.62. The monoisotopic (exact) mass is 321 g/mol. The summed E-state index contributed by atoms with van der Waals surface area (Å²) in [4.78, 5) is 13.8. The fraction of sp³-hybridized carbons (Fsp3) is 0.471. The first kappa shape index (κ1) is 15.5. The minimum atomic E-state index is 0.0269. The summed E-state index contributed by atoms with van der Waals surface area (Å²) in [5.41, 5.74) is 0.965. The molecule has 0 spiro atoms. The van der Waals surface area contributed by atoms with Gasteiger partial charge in [-0.1, -0.05) is 23.7 Å². The minimum Gasteiger partial charge on any atom is -0.381 e. The molecule has 1 atom stereocenters. The number of hydrogen-bond acceptors (Lipinski definition) is 3. The van der Waals surface area contributed by atoms with Crippen LogP contribution in [0.2, 0.25) is 5.02 Å². The van der Waals surface area contributed by atoms with Crippen LogP contribution < -0.4 is 0 Å². The van der Waals surface area contributed by atoms with Gasteiger partial charge in [0.05, 0.1) is 19.3 Å². The lowest BCUT2D eigenvalue weighted by atomic mass is 10.1. The van der Waals surface area contributed by atoms with E-state index in [1.807, 2.05) is 30.3 Å². The van der Waals surface area contributed by atoms with E-state index >= 15 is 0 Å². The van der Waals surface area contributed by atoms with Crippen LogP contribution in [0.25, 0.3) is 6.08 Å². The van der Waals surface area contributed by atoms with Crippen molar-refractivity contribution in [2.45, 2.75) is 12.5 Å². The Morgan fingerprint density at radius 2 is 2.14 bits per heavy atom. The highest BCUT2D eigenvalue weighted by molar-refractivity contribution is 6.30. The summed E-state index contributed by atoms with van der Waals surface area (Å²) >= 11 is 5.83. The van der Waals surface area contributed by atoms with Gasteiger partial charge >= 0.3 is 0 Å². The van der Waals surface area contributed by atoms with Crippen LogP contribution >= 0.6 is 11.6 Å². The third-order valence-electron chi connectivity index (χ3n) is 4.04. The lowest BCUT2D eigenvalue weighted by Crippen LogP contribution is -2.54. The van der Waals surface area contributed by atoms with Crippen LogP contribution in [-0.2, 0) is 14.3 Å². The second kappa shape index (κ2) is 7.27. The predicted molar refractivity (Wildman–Crippen MR) is 85.7 cm³/mol. The standard InChI is InChI=1S/C17H20ClNO3/c18-15-4-1-13(2-5-15)3-6-17(20)19-9-16(10-19)22-12-14-7-8-21-11-14/h1-6,14,16H,7-12H2. The van der Waals surface area contributed by atoms with Gasteiger partial charge in [0.15, 0.2) is 0 Å². The second-order valence-corrected chi connectivity index (χ2v) is 6.25. The molecule has 0 radical (unpaired) electrons. The molecule has 2 heterocycles. The summed E-state index contributed by atoms with van der Waals surface area (Å²) < 4.78 is 11.1. The number of rotatable bonds is 5. The minimum absolute atomic E-state index is 0.0269. The average Bonchev–Trinajstić information content (AvgIpc) is 2.98. The summed E-state index contributed by atoms with van der Waals surface area (Å²) in [7, 11) is 0. The molecule has 1 aromatic rings. The molecule has 2 aliphatic heterocycles. The molecule has 5 heteroatoms. The summed E-state index contributed by atoms with van der Waals surface area (Å²) in [6.07, 6.45) is 4.67. The van der Waals surface area contributed by atoms with Crippen molar-refractivity contribution < 1.29 is 14.3 Å². The van der Waals surface area contributed by atoms with E-state index in [0.29, 0.717) is 24.0 Å². The zero-order valence-electron chi connectivity index (χ0n) is 12.4. The molecule has 0 bridgehead atoms. The van der Waals surface area contributed by atoms with Crippen molar-refractivity contribution in [3.8, 4) is 0 Å². The summed E-state index contributed by atoms with van der Waals surface area (Å²) in [6, 6.07) is 7.40. The molecule has 0 saturated carbocycles. The SMILES string of the molecule is O=C(C=Cc1ccc(Cl)cc1)N1CC(OCC2CCOC2)C1. The Morgan fingerprint density at radius 3 is 2.82 bits per heavy atom. The smallest absolute Gasteiger partial charge is 0.246 e. The van der Waals surface area contributed by atoms with Crippen molar-refractivity contribution in [2.75, 3.05) is 32.9 Å². The third kappa shape index (κ3) is 4.09. The fourth-order valence-corrected chi connectivity index (χ4v) is 2.68. The van der Waals surface area contributed by atoms with Crippen LogP contribution in [-0.4, -0.2) is 49.8 Å². The maximum Gasteiger partial charge on any atom is 0.246 e. The molecule has 4 nitrogen and oxygen atoms in total. The van der Waals surface area contributed by atoms with Gasteiger partial charge in [0, 0.05) is 36.7 Å². The van der Waals surface area contributed by atoms with Gasteiger partial charge in [-0.3, -0.25) is 4.79 Å². The van der Waals surface area contributed by atoms with Gasteiger partial charge in [-0.2, -0.15) is 0 Å². The molecule has 2 saturated heterocycles. The van der Waals surface area contributed by atoms with Crippen LogP contribution in [0.1, 0.15) is 12.0 Å². The number of benzene rings is 1. The van der Waals surface area contributed by atoms with Crippen LogP contribution in [0.15, 0.2) is 30.3 Å². The first-order valence-corrected chi connectivity index (χ1v) is 8.00. The largest absolute Gasteiger partial charge is 0.381 e. The maximum absolute atomic E-state index is 12.0. The molecule has 1 aromatic carbocycles. The quantitative estimate of drug-likeness (QED) is 0.783. The zero-order valence-corrected chi connectivity index (χ0v) is 13.2. The van der Waals surface area contributed by atoms with Gasteiger partial charge in [-0.05, 0) is 30.2 Å². The van der Waals surface area contributed by atoms with Gasteiger partial charge in [-0.25, -0.2) is 0 Å². The number of hydrogen-bond donors (Lipinski definition) is 0. The Hall–Kier alpha value is -1.36. The van der Waals surface area contributed by atoms with E-state index in [1.54, 1.807) is 11.0 Å². The Kier molecular flexibility index (Phi) is 5.13. The second-order valence-electron chi connectivity index (χ2n) is 5.81. The molecule has 22 heavy (non-hydrogen) atoms. The Bertz CT molecular complexity index is 531. The number of likely N-dealkylation sites (tertiary alicyclic amines) is 1. The van der Waals surface area contributed by atoms with E-state index in [1.165, 1.54) is 0 Å². The number of nitrogens with zero attached hydrogens (tertiary/aromatic N) is 1. The number of amides is 1. The first-order chi connectivity index (χ1) is 10.7. The maximum atomic E-state index is 12.0. The molecule has 2 aliphatic rings. The molecule has 0 aromatic heterocycles. The van der Waals surface area contributed by atoms with Crippen LogP contribution in [0.3, 0.4) is 0 Å². The molecule has 1 unspecified atom stereocenters. The van der Waals surface area contributed by atoms with Gasteiger partial charge in [-0.15, -0.1) is 0 Å². The van der Waals surface area contributed by atoms with Crippen molar-refractivity contribution in [2.24, 2.45) is 5.92 Å². The first-order valence-electron chi connectivity index (χ1n) is 7.62. The van der Waals surface area contributed by atoms with Crippen molar-refractivity contribution >= 4 is 23.6 Å². The fourth-order valence-electron chi connectivity index (χ4n) is 2.56. The normalized spacial score (nSPS) is 22.2. The van der Waals surface area contributed by atoms with Crippen molar-refractivity contribution in [1.82, 2.24) is 4.90 Å². The van der Waals surface area contributed by atoms with Crippen molar-refractivity contribution in [1.29, 1.82) is 0 Å². The molecule has 0 N–H and O–H groups in total. The van der Waals surface area contributed by atoms with Crippen molar-refractivity contribution in [3.05, 3.63) is 40.9 Å². The average molecular weight is 322 g/mol. The Balaban J connectivity index is 1.38. The summed E-state index contributed by atoms with van der Waals surface area (Å²) in [5.74, 6) is 0.550. The van der Waals surface area contributed by atoms with E-state index in [0.717, 1.165) is 31.8 Å². The number of halogens is 1. The molecular formula is C17H20ClNO3. The topological polar surface area (TPSA) is 38.8 Å². The third-order valence-corrected chi connectivity index (χ3v) is 4.29. The number of ether oxygens (including phenoxy) is 2. The van der Waals surface area contributed by atoms with Crippen molar-refractivity contribution in [3.63, 3.8) is 0 Å². The Morgan fingerprint density at radius 1 is 1.36 bits per heavy atom. The zero-order chi connectivity index (χ0) is 15.4. The van der Waals surface area contributed by atoms with E-state index < -0.39 is 0 Å². The van der Waals surface area contributed by atoms with Crippen LogP contribution in [0, 0.1) is 5.92 Å². The highest BCUT2D eigenvalue weighted by Gasteiger charge is 2.31. The van der Waals surface area contributed by atoms with Gasteiger partial charge in [0.1, 0.15) is 0 Å². The van der Waals surface area contributed by atoms with E-state index in [-0.39, 0.29) is 12.0 Å². The van der Waals surface area contributed by atoms with Gasteiger partial charge in [0.25, 0.3) is 0 Å². The lowest BCUT2D eigenvalue weighted by molar-refractivity contribution is -0.140. The van der Waals surface area contributed by atoms with E-state index in [2.05, 4.69) is 0 Å². The molecule has 0 aliphatic carbocycles. The summed E-state index contributed by atoms with van der Waals surface area (Å²) in [6.45, 7) is 3.75. The van der Waals surface area contributed by atoms with E-state index in [4.69, 9.17) is 21.1 Å². The van der Waals surface area contributed by atoms with Crippen LogP contribution in [0.4, 0.5) is 0 Å². The lowest BCUT2D eigenvalue weighted by Gasteiger charge is -2.38. The highest BCUT2D eigenvalue weighted by Crippen LogP contribution is 2.18. The summed E-state index contributed by atoms with van der Waals surface area (Å²) in [5, 5.41) is 0.693.